The molecule has 0 aliphatic heterocycles. The molecular formula is C29H34N2O3. The number of unbranched alkanes of at least 4 members (excludes halogenated alkanes) is 1. The highest BCUT2D eigenvalue weighted by molar-refractivity contribution is 5.81. The van der Waals surface area contributed by atoms with Crippen molar-refractivity contribution in [3.63, 3.8) is 0 Å². The van der Waals surface area contributed by atoms with E-state index in [2.05, 4.69) is 61.7 Å². The van der Waals surface area contributed by atoms with Crippen LogP contribution >= 0.6 is 0 Å². The van der Waals surface area contributed by atoms with Crippen LogP contribution in [0.4, 0.5) is 0 Å². The molecule has 1 aromatic heterocycles. The Kier molecular flexibility index (Phi) is 7.41. The third kappa shape index (κ3) is 5.04. The van der Waals surface area contributed by atoms with E-state index in [-0.39, 0.29) is 0 Å². The van der Waals surface area contributed by atoms with Crippen molar-refractivity contribution >= 4 is 11.0 Å². The zero-order chi connectivity index (χ0) is 24.1. The van der Waals surface area contributed by atoms with E-state index < -0.39 is 0 Å². The van der Waals surface area contributed by atoms with Crippen LogP contribution in [-0.4, -0.2) is 30.4 Å². The summed E-state index contributed by atoms with van der Waals surface area (Å²) in [6, 6.07) is 20.7. The first-order valence-corrected chi connectivity index (χ1v) is 11.9. The number of benzene rings is 3. The number of fused-ring (bicyclic) bond motifs is 1. The molecule has 0 atom stereocenters. The summed E-state index contributed by atoms with van der Waals surface area (Å²) >= 11 is 0. The van der Waals surface area contributed by atoms with Gasteiger partial charge in [0.05, 0.1) is 31.9 Å². The summed E-state index contributed by atoms with van der Waals surface area (Å²) in [7, 11) is 3.30. The van der Waals surface area contributed by atoms with Crippen molar-refractivity contribution in [2.45, 2.75) is 46.1 Å². The molecular weight excluding hydrogens is 424 g/mol. The molecule has 0 radical (unpaired) electrons. The standard InChI is InChI=1S/C29H34N2O3/c1-20(2)23-14-12-21(3)18-27(23)34-17-9-8-16-31-25-11-7-6-10-24(25)30-29(31)22-13-15-26(32-4)28(19-22)33-5/h6-7,10-15,18-20H,8-9,16-17H2,1-5H3. The second-order valence-electron chi connectivity index (χ2n) is 8.90. The molecule has 5 nitrogen and oxygen atoms in total. The number of aromatic nitrogens is 2. The fourth-order valence-electron chi connectivity index (χ4n) is 4.30. The molecule has 0 N–H and O–H groups in total. The van der Waals surface area contributed by atoms with Gasteiger partial charge in [-0.2, -0.15) is 0 Å². The molecule has 0 saturated heterocycles. The van der Waals surface area contributed by atoms with Gasteiger partial charge in [-0.25, -0.2) is 4.98 Å². The molecule has 0 aliphatic rings. The maximum Gasteiger partial charge on any atom is 0.161 e. The van der Waals surface area contributed by atoms with Crippen molar-refractivity contribution in [2.24, 2.45) is 0 Å². The Bertz CT molecular complexity index is 1260. The molecule has 0 bridgehead atoms. The van der Waals surface area contributed by atoms with Gasteiger partial charge in [0, 0.05) is 12.1 Å². The summed E-state index contributed by atoms with van der Waals surface area (Å²) in [5.41, 5.74) is 5.62. The van der Waals surface area contributed by atoms with Crippen LogP contribution in [0.15, 0.2) is 60.7 Å². The van der Waals surface area contributed by atoms with Gasteiger partial charge in [0.2, 0.25) is 0 Å². The molecule has 5 heteroatoms. The minimum atomic E-state index is 0.442. The molecule has 0 spiro atoms. The monoisotopic (exact) mass is 458 g/mol. The topological polar surface area (TPSA) is 45.5 Å². The van der Waals surface area contributed by atoms with E-state index in [4.69, 9.17) is 19.2 Å². The molecule has 4 rings (SSSR count). The Morgan fingerprint density at radius 3 is 2.41 bits per heavy atom. The second-order valence-corrected chi connectivity index (χ2v) is 8.90. The van der Waals surface area contributed by atoms with Crippen LogP contribution in [0.5, 0.6) is 17.2 Å². The van der Waals surface area contributed by atoms with Crippen LogP contribution in [0.2, 0.25) is 0 Å². The molecule has 4 aromatic rings. The SMILES string of the molecule is COc1ccc(-c2nc3ccccc3n2CCCCOc2cc(C)ccc2C(C)C)cc1OC. The van der Waals surface area contributed by atoms with E-state index in [9.17, 15) is 0 Å². The number of hydrogen-bond donors (Lipinski definition) is 0. The fraction of sp³-hybridized carbons (Fsp3) is 0.345. The number of rotatable bonds is 10. The summed E-state index contributed by atoms with van der Waals surface area (Å²) < 4.78 is 19.4. The fourth-order valence-corrected chi connectivity index (χ4v) is 4.30. The van der Waals surface area contributed by atoms with Gasteiger partial charge in [0.25, 0.3) is 0 Å². The van der Waals surface area contributed by atoms with Gasteiger partial charge in [-0.05, 0) is 73.2 Å². The maximum absolute atomic E-state index is 6.20. The van der Waals surface area contributed by atoms with Crippen molar-refractivity contribution in [3.05, 3.63) is 71.8 Å². The second kappa shape index (κ2) is 10.6. The van der Waals surface area contributed by atoms with E-state index >= 15 is 0 Å². The molecule has 0 unspecified atom stereocenters. The summed E-state index contributed by atoms with van der Waals surface area (Å²) in [4.78, 5) is 4.94. The Morgan fingerprint density at radius 2 is 1.65 bits per heavy atom. The highest BCUT2D eigenvalue weighted by Gasteiger charge is 2.15. The smallest absolute Gasteiger partial charge is 0.161 e. The zero-order valence-corrected chi connectivity index (χ0v) is 20.8. The number of aryl methyl sites for hydroxylation is 2. The number of imidazole rings is 1. The normalized spacial score (nSPS) is 11.2. The van der Waals surface area contributed by atoms with Crippen LogP contribution in [0.25, 0.3) is 22.4 Å². The van der Waals surface area contributed by atoms with E-state index in [1.807, 2.05) is 24.3 Å². The van der Waals surface area contributed by atoms with Crippen LogP contribution in [0, 0.1) is 6.92 Å². The molecule has 0 fully saturated rings. The Balaban J connectivity index is 1.50. The van der Waals surface area contributed by atoms with E-state index in [1.165, 1.54) is 11.1 Å². The minimum Gasteiger partial charge on any atom is -0.493 e. The zero-order valence-electron chi connectivity index (χ0n) is 20.8. The quantitative estimate of drug-likeness (QED) is 0.240. The predicted molar refractivity (Wildman–Crippen MR) is 138 cm³/mol. The van der Waals surface area contributed by atoms with Crippen LogP contribution in [0.3, 0.4) is 0 Å². The number of para-hydroxylation sites is 2. The summed E-state index contributed by atoms with van der Waals surface area (Å²) in [5, 5.41) is 0. The lowest BCUT2D eigenvalue weighted by atomic mass is 10.0. The van der Waals surface area contributed by atoms with E-state index in [1.54, 1.807) is 14.2 Å². The lowest BCUT2D eigenvalue weighted by molar-refractivity contribution is 0.299. The van der Waals surface area contributed by atoms with Crippen molar-refractivity contribution in [1.82, 2.24) is 9.55 Å². The molecule has 0 amide bonds. The van der Waals surface area contributed by atoms with Gasteiger partial charge in [-0.1, -0.05) is 38.1 Å². The number of hydrogen-bond acceptors (Lipinski definition) is 4. The first-order valence-electron chi connectivity index (χ1n) is 11.9. The van der Waals surface area contributed by atoms with Crippen LogP contribution < -0.4 is 14.2 Å². The van der Waals surface area contributed by atoms with Gasteiger partial charge in [0.15, 0.2) is 11.5 Å². The summed E-state index contributed by atoms with van der Waals surface area (Å²) in [6.45, 7) is 8.07. The molecule has 3 aromatic carbocycles. The number of methoxy groups -OCH3 is 2. The molecule has 178 valence electrons. The van der Waals surface area contributed by atoms with Crippen molar-refractivity contribution in [1.29, 1.82) is 0 Å². The van der Waals surface area contributed by atoms with Gasteiger partial charge >= 0.3 is 0 Å². The lowest BCUT2D eigenvalue weighted by Gasteiger charge is -2.15. The predicted octanol–water partition coefficient (Wildman–Crippen LogP) is 7.01. The Labute approximate surface area is 202 Å². The van der Waals surface area contributed by atoms with Gasteiger partial charge < -0.3 is 18.8 Å². The summed E-state index contributed by atoms with van der Waals surface area (Å²) in [5.74, 6) is 3.80. The number of nitrogens with zero attached hydrogens (tertiary/aromatic N) is 2. The van der Waals surface area contributed by atoms with Crippen LogP contribution in [-0.2, 0) is 6.54 Å². The third-order valence-electron chi connectivity index (χ3n) is 6.12. The minimum absolute atomic E-state index is 0.442. The molecule has 34 heavy (non-hydrogen) atoms. The van der Waals surface area contributed by atoms with Gasteiger partial charge in [-0.15, -0.1) is 0 Å². The molecule has 0 saturated carbocycles. The summed E-state index contributed by atoms with van der Waals surface area (Å²) in [6.07, 6.45) is 1.95. The van der Waals surface area contributed by atoms with E-state index in [0.29, 0.717) is 24.0 Å². The Morgan fingerprint density at radius 1 is 0.853 bits per heavy atom. The maximum atomic E-state index is 6.20. The third-order valence-corrected chi connectivity index (χ3v) is 6.12. The van der Waals surface area contributed by atoms with Gasteiger partial charge in [-0.3, -0.25) is 0 Å². The van der Waals surface area contributed by atoms with Gasteiger partial charge in [0.1, 0.15) is 11.6 Å². The average Bonchev–Trinajstić information content (AvgIpc) is 3.21. The lowest BCUT2D eigenvalue weighted by Crippen LogP contribution is -2.05. The van der Waals surface area contributed by atoms with E-state index in [0.717, 1.165) is 47.6 Å². The van der Waals surface area contributed by atoms with Crippen LogP contribution in [0.1, 0.15) is 43.7 Å². The van der Waals surface area contributed by atoms with Crippen molar-refractivity contribution in [2.75, 3.05) is 20.8 Å². The molecule has 0 aliphatic carbocycles. The molecule has 1 heterocycles. The largest absolute Gasteiger partial charge is 0.493 e. The average molecular weight is 459 g/mol. The Hall–Kier alpha value is -3.47. The first kappa shape index (κ1) is 23.7. The van der Waals surface area contributed by atoms with Crippen molar-refractivity contribution in [3.8, 4) is 28.6 Å². The number of ether oxygens (including phenoxy) is 3. The van der Waals surface area contributed by atoms with Crippen molar-refractivity contribution < 1.29 is 14.2 Å². The highest BCUT2D eigenvalue weighted by Crippen LogP contribution is 2.33. The first-order chi connectivity index (χ1) is 16.5. The highest BCUT2D eigenvalue weighted by atomic mass is 16.5.